The van der Waals surface area contributed by atoms with E-state index in [0.717, 1.165) is 5.56 Å². The van der Waals surface area contributed by atoms with Crippen molar-refractivity contribution in [2.24, 2.45) is 0 Å². The number of ether oxygens (including phenoxy) is 3. The smallest absolute Gasteiger partial charge is 0.274 e. The summed E-state index contributed by atoms with van der Waals surface area (Å²) in [5.41, 5.74) is 3.10. The number of aromatic nitrogens is 3. The van der Waals surface area contributed by atoms with Gasteiger partial charge in [0, 0.05) is 22.3 Å². The number of hydrogen-bond donors (Lipinski definition) is 2. The van der Waals surface area contributed by atoms with Crippen LogP contribution in [0.25, 0.3) is 33.4 Å². The van der Waals surface area contributed by atoms with Crippen molar-refractivity contribution in [1.29, 1.82) is 0 Å². The number of methoxy groups -OCH3 is 3. The SMILES string of the molecule is COc1ccc(-c2c3c(nc4[nH][nH]c(=O)c24)-c2ccccc2C3=O)c(OC)c1OC. The third kappa shape index (κ3) is 2.24. The van der Waals surface area contributed by atoms with Gasteiger partial charge >= 0.3 is 0 Å². The lowest BCUT2D eigenvalue weighted by Crippen LogP contribution is -2.06. The number of carbonyl (C=O) groups excluding carboxylic acids is 1. The predicted octanol–water partition coefficient (Wildman–Crippen LogP) is 3.16. The average Bonchev–Trinajstić information content (AvgIpc) is 3.29. The van der Waals surface area contributed by atoms with Crippen LogP contribution in [0, 0.1) is 0 Å². The number of ketones is 1. The highest BCUT2D eigenvalue weighted by molar-refractivity contribution is 6.26. The highest BCUT2D eigenvalue weighted by Gasteiger charge is 2.35. The van der Waals surface area contributed by atoms with Gasteiger partial charge in [-0.1, -0.05) is 24.3 Å². The van der Waals surface area contributed by atoms with Crippen molar-refractivity contribution in [3.8, 4) is 39.6 Å². The summed E-state index contributed by atoms with van der Waals surface area (Å²) in [7, 11) is 4.52. The summed E-state index contributed by atoms with van der Waals surface area (Å²) in [6.45, 7) is 0. The largest absolute Gasteiger partial charge is 0.493 e. The molecule has 1 aliphatic rings. The lowest BCUT2D eigenvalue weighted by molar-refractivity contribution is 0.104. The second kappa shape index (κ2) is 6.48. The molecule has 0 saturated heterocycles. The molecular weight excluding hydrogens is 386 g/mol. The Morgan fingerprint density at radius 2 is 1.50 bits per heavy atom. The summed E-state index contributed by atoms with van der Waals surface area (Å²) < 4.78 is 16.5. The van der Waals surface area contributed by atoms with Gasteiger partial charge in [-0.15, -0.1) is 0 Å². The summed E-state index contributed by atoms with van der Waals surface area (Å²) in [6.07, 6.45) is 0. The summed E-state index contributed by atoms with van der Waals surface area (Å²) >= 11 is 0. The molecule has 2 aromatic heterocycles. The molecule has 0 aliphatic heterocycles. The molecule has 0 fully saturated rings. The zero-order valence-corrected chi connectivity index (χ0v) is 16.5. The van der Waals surface area contributed by atoms with E-state index >= 15 is 0 Å². The first-order chi connectivity index (χ1) is 14.6. The van der Waals surface area contributed by atoms with Gasteiger partial charge in [0.2, 0.25) is 5.75 Å². The Morgan fingerprint density at radius 3 is 2.20 bits per heavy atom. The van der Waals surface area contributed by atoms with Crippen LogP contribution < -0.4 is 19.8 Å². The Hall–Kier alpha value is -4.07. The maximum absolute atomic E-state index is 13.4. The highest BCUT2D eigenvalue weighted by Crippen LogP contribution is 2.49. The van der Waals surface area contributed by atoms with Crippen molar-refractivity contribution >= 4 is 16.8 Å². The zero-order chi connectivity index (χ0) is 21.0. The number of nitrogens with one attached hydrogen (secondary N) is 2. The molecule has 5 rings (SSSR count). The van der Waals surface area contributed by atoms with Crippen LogP contribution in [0.3, 0.4) is 0 Å². The van der Waals surface area contributed by atoms with Gasteiger partial charge in [-0.3, -0.25) is 19.8 Å². The lowest BCUT2D eigenvalue weighted by atomic mass is 9.94. The van der Waals surface area contributed by atoms with Crippen molar-refractivity contribution in [2.45, 2.75) is 0 Å². The Morgan fingerprint density at radius 1 is 0.767 bits per heavy atom. The minimum Gasteiger partial charge on any atom is -0.493 e. The van der Waals surface area contributed by atoms with Gasteiger partial charge in [0.25, 0.3) is 5.56 Å². The molecule has 4 aromatic rings. The number of rotatable bonds is 4. The molecule has 0 saturated carbocycles. The molecule has 1 aliphatic carbocycles. The molecule has 0 radical (unpaired) electrons. The van der Waals surface area contributed by atoms with E-state index in [1.165, 1.54) is 21.3 Å². The van der Waals surface area contributed by atoms with E-state index in [1.807, 2.05) is 12.1 Å². The van der Waals surface area contributed by atoms with E-state index in [1.54, 1.807) is 24.3 Å². The molecule has 0 unspecified atom stereocenters. The van der Waals surface area contributed by atoms with Crippen LogP contribution in [-0.2, 0) is 0 Å². The number of carbonyl (C=O) groups is 1. The Balaban J connectivity index is 1.96. The minimum atomic E-state index is -0.379. The van der Waals surface area contributed by atoms with E-state index in [-0.39, 0.29) is 16.7 Å². The molecule has 2 aromatic carbocycles. The summed E-state index contributed by atoms with van der Waals surface area (Å²) in [5, 5.41) is 5.65. The molecule has 8 nitrogen and oxygen atoms in total. The maximum Gasteiger partial charge on any atom is 0.274 e. The van der Waals surface area contributed by atoms with Gasteiger partial charge in [-0.05, 0) is 12.1 Å². The first-order valence-electron chi connectivity index (χ1n) is 9.18. The van der Waals surface area contributed by atoms with Crippen molar-refractivity contribution in [2.75, 3.05) is 21.3 Å². The number of pyridine rings is 1. The molecular formula is C22H17N3O5. The van der Waals surface area contributed by atoms with Crippen LogP contribution in [0.1, 0.15) is 15.9 Å². The summed E-state index contributed by atoms with van der Waals surface area (Å²) in [5.74, 6) is 1.00. The monoisotopic (exact) mass is 403 g/mol. The van der Waals surface area contributed by atoms with Crippen LogP contribution in [0.4, 0.5) is 0 Å². The Kier molecular flexibility index (Phi) is 3.89. The lowest BCUT2D eigenvalue weighted by Gasteiger charge is -2.17. The molecule has 2 heterocycles. The van der Waals surface area contributed by atoms with Gasteiger partial charge in [0.05, 0.1) is 38.0 Å². The fourth-order valence-electron chi connectivity index (χ4n) is 4.08. The predicted molar refractivity (Wildman–Crippen MR) is 111 cm³/mol. The summed E-state index contributed by atoms with van der Waals surface area (Å²) in [6, 6.07) is 10.7. The number of fused-ring (bicyclic) bond motifs is 4. The molecule has 0 amide bonds. The number of benzene rings is 2. The van der Waals surface area contributed by atoms with Gasteiger partial charge in [-0.2, -0.15) is 0 Å². The minimum absolute atomic E-state index is 0.192. The topological polar surface area (TPSA) is 106 Å². The molecule has 2 N–H and O–H groups in total. The number of nitrogens with zero attached hydrogens (tertiary/aromatic N) is 1. The van der Waals surface area contributed by atoms with Crippen LogP contribution in [0.5, 0.6) is 17.2 Å². The van der Waals surface area contributed by atoms with Gasteiger partial charge < -0.3 is 14.2 Å². The summed E-state index contributed by atoms with van der Waals surface area (Å²) in [4.78, 5) is 30.7. The molecule has 0 bridgehead atoms. The van der Waals surface area contributed by atoms with Crippen molar-refractivity contribution in [3.05, 3.63) is 57.9 Å². The van der Waals surface area contributed by atoms with Crippen molar-refractivity contribution in [3.63, 3.8) is 0 Å². The fraction of sp³-hybridized carbons (Fsp3) is 0.136. The van der Waals surface area contributed by atoms with Gasteiger partial charge in [0.1, 0.15) is 0 Å². The Labute approximate surface area is 170 Å². The Bertz CT molecular complexity index is 1400. The number of aromatic amines is 2. The highest BCUT2D eigenvalue weighted by atomic mass is 16.5. The van der Waals surface area contributed by atoms with Crippen LogP contribution in [0.2, 0.25) is 0 Å². The molecule has 30 heavy (non-hydrogen) atoms. The van der Waals surface area contributed by atoms with E-state index in [0.29, 0.717) is 50.8 Å². The van der Waals surface area contributed by atoms with E-state index in [2.05, 4.69) is 15.2 Å². The normalized spacial score (nSPS) is 12.0. The molecule has 150 valence electrons. The second-order valence-electron chi connectivity index (χ2n) is 6.77. The van der Waals surface area contributed by atoms with Crippen LogP contribution >= 0.6 is 0 Å². The first kappa shape index (κ1) is 18.0. The van der Waals surface area contributed by atoms with Crippen LogP contribution in [-0.4, -0.2) is 42.3 Å². The third-order valence-corrected chi connectivity index (χ3v) is 5.35. The number of H-pyrrole nitrogens is 2. The van der Waals surface area contributed by atoms with Crippen molar-refractivity contribution in [1.82, 2.24) is 15.2 Å². The standard InChI is InChI=1S/C22H17N3O5/c1-28-13-9-8-12(19(29-2)20(13)30-3)14-15-17(23-21-16(14)22(27)25-24-21)10-6-4-5-7-11(10)18(15)26/h4-9H,1-3H3,(H2,23,24,25,27). The third-order valence-electron chi connectivity index (χ3n) is 5.35. The molecule has 0 spiro atoms. The average molecular weight is 403 g/mol. The maximum atomic E-state index is 13.4. The fourth-order valence-corrected chi connectivity index (χ4v) is 4.08. The molecule has 0 atom stereocenters. The van der Waals surface area contributed by atoms with E-state index < -0.39 is 0 Å². The first-order valence-corrected chi connectivity index (χ1v) is 9.18. The van der Waals surface area contributed by atoms with Crippen LogP contribution in [0.15, 0.2) is 41.2 Å². The molecule has 8 heteroatoms. The second-order valence-corrected chi connectivity index (χ2v) is 6.77. The zero-order valence-electron chi connectivity index (χ0n) is 16.5. The number of hydrogen-bond acceptors (Lipinski definition) is 6. The quantitative estimate of drug-likeness (QED) is 0.477. The van der Waals surface area contributed by atoms with E-state index in [4.69, 9.17) is 14.2 Å². The van der Waals surface area contributed by atoms with Crippen molar-refractivity contribution < 1.29 is 19.0 Å². The van der Waals surface area contributed by atoms with E-state index in [9.17, 15) is 9.59 Å². The van der Waals surface area contributed by atoms with Gasteiger partial charge in [0.15, 0.2) is 22.9 Å². The van der Waals surface area contributed by atoms with Gasteiger partial charge in [-0.25, -0.2) is 4.98 Å².